The highest BCUT2D eigenvalue weighted by Crippen LogP contribution is 2.26. The zero-order valence-electron chi connectivity index (χ0n) is 14.9. The third-order valence-corrected chi connectivity index (χ3v) is 4.60. The molecule has 1 amide bonds. The molecule has 0 saturated carbocycles. The van der Waals surface area contributed by atoms with Gasteiger partial charge >= 0.3 is 5.57 Å². The van der Waals surface area contributed by atoms with Crippen LogP contribution >= 0.6 is 23.2 Å². The van der Waals surface area contributed by atoms with Crippen LogP contribution in [0.2, 0.25) is 5.02 Å². The second-order valence-electron chi connectivity index (χ2n) is 6.36. The van der Waals surface area contributed by atoms with Crippen LogP contribution in [0.15, 0.2) is 48.5 Å². The van der Waals surface area contributed by atoms with Gasteiger partial charge in [-0.1, -0.05) is 17.7 Å². The van der Waals surface area contributed by atoms with Crippen LogP contribution < -0.4 is 15.0 Å². The number of amides is 1. The Morgan fingerprint density at radius 3 is 2.39 bits per heavy atom. The molecule has 0 atom stereocenters. The van der Waals surface area contributed by atoms with Gasteiger partial charge in [0.2, 0.25) is 5.91 Å². The maximum absolute atomic E-state index is 12.6. The van der Waals surface area contributed by atoms with Crippen molar-refractivity contribution in [1.29, 1.82) is 0 Å². The number of carbonyl (C=O) groups excluding carboxylic acids is 1. The standard InChI is InChI=1S/C19H19Cl2F2N3O2/c20-14-2-1-3-16(12-14)26-10-8-25(9-11-26)13-18(27)24-15-4-6-17(7-5-15)28-19(21,22)23/h1-7,12H,8-11,13H2,(H,24,27). The lowest BCUT2D eigenvalue weighted by Crippen LogP contribution is -2.48. The topological polar surface area (TPSA) is 44.8 Å². The summed E-state index contributed by atoms with van der Waals surface area (Å²) < 4.78 is 29.4. The zero-order valence-corrected chi connectivity index (χ0v) is 16.4. The van der Waals surface area contributed by atoms with Crippen LogP contribution in [0.1, 0.15) is 0 Å². The van der Waals surface area contributed by atoms with E-state index in [1.54, 1.807) is 0 Å². The highest BCUT2D eigenvalue weighted by molar-refractivity contribution is 6.30. The van der Waals surface area contributed by atoms with Gasteiger partial charge in [-0.3, -0.25) is 9.69 Å². The molecular weight excluding hydrogens is 411 g/mol. The van der Waals surface area contributed by atoms with Crippen molar-refractivity contribution in [3.8, 4) is 5.75 Å². The Hall–Kier alpha value is -2.09. The van der Waals surface area contributed by atoms with Crippen molar-refractivity contribution >= 4 is 40.5 Å². The normalized spacial score (nSPS) is 15.4. The fraction of sp³-hybridized carbons (Fsp3) is 0.316. The van der Waals surface area contributed by atoms with E-state index in [4.69, 9.17) is 23.2 Å². The minimum Gasteiger partial charge on any atom is -0.420 e. The number of alkyl halides is 3. The van der Waals surface area contributed by atoms with E-state index in [1.165, 1.54) is 24.3 Å². The van der Waals surface area contributed by atoms with Gasteiger partial charge in [-0.15, -0.1) is 8.78 Å². The molecule has 0 bridgehead atoms. The lowest BCUT2D eigenvalue weighted by Gasteiger charge is -2.35. The van der Waals surface area contributed by atoms with Crippen LogP contribution in [0.4, 0.5) is 20.2 Å². The van der Waals surface area contributed by atoms with Crippen molar-refractivity contribution in [2.75, 3.05) is 42.9 Å². The molecule has 150 valence electrons. The first-order chi connectivity index (χ1) is 13.3. The molecule has 0 aliphatic carbocycles. The molecule has 0 spiro atoms. The van der Waals surface area contributed by atoms with Crippen LogP contribution in [0, 0.1) is 0 Å². The molecule has 0 aromatic heterocycles. The minimum absolute atomic E-state index is 0.0878. The fourth-order valence-electron chi connectivity index (χ4n) is 2.98. The van der Waals surface area contributed by atoms with Crippen molar-refractivity contribution in [3.05, 3.63) is 53.6 Å². The number of hydrogen-bond donors (Lipinski definition) is 1. The molecule has 0 unspecified atom stereocenters. The molecule has 1 N–H and O–H groups in total. The highest BCUT2D eigenvalue weighted by Gasteiger charge is 2.27. The molecule has 1 aliphatic rings. The molecule has 1 heterocycles. The Balaban J connectivity index is 1.46. The lowest BCUT2D eigenvalue weighted by atomic mass is 10.2. The van der Waals surface area contributed by atoms with E-state index in [0.717, 1.165) is 31.9 Å². The van der Waals surface area contributed by atoms with Crippen molar-refractivity contribution in [3.63, 3.8) is 0 Å². The molecule has 28 heavy (non-hydrogen) atoms. The van der Waals surface area contributed by atoms with Gasteiger partial charge in [-0.25, -0.2) is 0 Å². The maximum atomic E-state index is 12.6. The SMILES string of the molecule is O=C(CN1CCN(c2cccc(Cl)c2)CC1)Nc1ccc(OC(F)(F)Cl)cc1. The summed E-state index contributed by atoms with van der Waals surface area (Å²) >= 11 is 10.8. The maximum Gasteiger partial charge on any atom is 0.487 e. The molecule has 0 radical (unpaired) electrons. The first-order valence-corrected chi connectivity index (χ1v) is 9.43. The Bertz CT molecular complexity index is 808. The third-order valence-electron chi connectivity index (χ3n) is 4.28. The lowest BCUT2D eigenvalue weighted by molar-refractivity contribution is -0.117. The molecule has 2 aromatic rings. The van der Waals surface area contributed by atoms with Crippen molar-refractivity contribution in [2.24, 2.45) is 0 Å². The monoisotopic (exact) mass is 429 g/mol. The van der Waals surface area contributed by atoms with Gasteiger partial charge < -0.3 is 15.0 Å². The summed E-state index contributed by atoms with van der Waals surface area (Å²) in [4.78, 5) is 16.5. The molecule has 2 aromatic carbocycles. The Morgan fingerprint density at radius 1 is 1.11 bits per heavy atom. The number of halogens is 4. The molecule has 5 nitrogen and oxygen atoms in total. The summed E-state index contributed by atoms with van der Waals surface area (Å²) in [5.74, 6) is -0.261. The average Bonchev–Trinajstić information content (AvgIpc) is 2.63. The molecule has 1 fully saturated rings. The summed E-state index contributed by atoms with van der Waals surface area (Å²) in [6.45, 7) is 3.34. The van der Waals surface area contributed by atoms with E-state index in [0.29, 0.717) is 10.7 Å². The smallest absolute Gasteiger partial charge is 0.420 e. The number of nitrogens with one attached hydrogen (secondary N) is 1. The minimum atomic E-state index is -3.77. The third kappa shape index (κ3) is 6.22. The molecule has 3 rings (SSSR count). The number of nitrogens with zero attached hydrogens (tertiary/aromatic N) is 2. The number of benzene rings is 2. The summed E-state index contributed by atoms with van der Waals surface area (Å²) in [7, 11) is 0. The first kappa shape index (κ1) is 20.6. The Morgan fingerprint density at radius 2 is 1.79 bits per heavy atom. The Kier molecular flexibility index (Phi) is 6.59. The highest BCUT2D eigenvalue weighted by atomic mass is 35.5. The van der Waals surface area contributed by atoms with E-state index < -0.39 is 5.57 Å². The van der Waals surface area contributed by atoms with Gasteiger partial charge in [0.05, 0.1) is 6.54 Å². The van der Waals surface area contributed by atoms with Crippen LogP contribution in [-0.2, 0) is 4.79 Å². The predicted octanol–water partition coefficient (Wildman–Crippen LogP) is 4.27. The summed E-state index contributed by atoms with van der Waals surface area (Å²) in [5.41, 5.74) is -2.20. The zero-order chi connectivity index (χ0) is 20.1. The number of carbonyl (C=O) groups is 1. The fourth-order valence-corrected chi connectivity index (χ4v) is 3.25. The largest absolute Gasteiger partial charge is 0.487 e. The van der Waals surface area contributed by atoms with E-state index in [9.17, 15) is 13.6 Å². The van der Waals surface area contributed by atoms with Crippen LogP contribution in [-0.4, -0.2) is 49.1 Å². The van der Waals surface area contributed by atoms with E-state index in [2.05, 4.69) is 19.9 Å². The van der Waals surface area contributed by atoms with Gasteiger partial charge in [-0.2, -0.15) is 0 Å². The van der Waals surface area contributed by atoms with Gasteiger partial charge in [0.25, 0.3) is 0 Å². The second-order valence-corrected chi connectivity index (χ2v) is 7.24. The van der Waals surface area contributed by atoms with Crippen molar-refractivity contribution in [2.45, 2.75) is 5.57 Å². The molecule has 9 heteroatoms. The number of rotatable bonds is 6. The van der Waals surface area contributed by atoms with E-state index in [1.807, 2.05) is 24.3 Å². The second kappa shape index (κ2) is 8.94. The summed E-state index contributed by atoms with van der Waals surface area (Å²) in [6.07, 6.45) is 0. The molecular formula is C19H19Cl2F2N3O2. The number of anilines is 2. The van der Waals surface area contributed by atoms with Crippen molar-refractivity contribution < 1.29 is 18.3 Å². The van der Waals surface area contributed by atoms with Gasteiger partial charge in [0.15, 0.2) is 0 Å². The summed E-state index contributed by atoms with van der Waals surface area (Å²) in [6, 6.07) is 13.3. The average molecular weight is 430 g/mol. The molecule has 1 aliphatic heterocycles. The quantitative estimate of drug-likeness (QED) is 0.696. The molecule has 1 saturated heterocycles. The van der Waals surface area contributed by atoms with E-state index >= 15 is 0 Å². The summed E-state index contributed by atoms with van der Waals surface area (Å²) in [5, 5.41) is 3.44. The Labute approximate surface area is 171 Å². The predicted molar refractivity (Wildman–Crippen MR) is 107 cm³/mol. The van der Waals surface area contributed by atoms with Gasteiger partial charge in [0.1, 0.15) is 5.75 Å². The number of ether oxygens (including phenoxy) is 1. The van der Waals surface area contributed by atoms with Gasteiger partial charge in [-0.05, 0) is 42.5 Å². The van der Waals surface area contributed by atoms with Crippen LogP contribution in [0.3, 0.4) is 0 Å². The first-order valence-electron chi connectivity index (χ1n) is 8.67. The van der Waals surface area contributed by atoms with Crippen molar-refractivity contribution in [1.82, 2.24) is 4.90 Å². The number of piperazine rings is 1. The number of hydrogen-bond acceptors (Lipinski definition) is 4. The van der Waals surface area contributed by atoms with Gasteiger partial charge in [0, 0.05) is 54.2 Å². The van der Waals surface area contributed by atoms with Crippen LogP contribution in [0.25, 0.3) is 0 Å². The van der Waals surface area contributed by atoms with Crippen LogP contribution in [0.5, 0.6) is 5.75 Å². The van der Waals surface area contributed by atoms with E-state index in [-0.39, 0.29) is 18.2 Å².